The molecule has 1 N–H and O–H groups in total. The molecule has 2 aliphatic rings. The number of aromatic nitrogens is 3. The molecule has 5 rings (SSSR count). The van der Waals surface area contributed by atoms with Crippen LogP contribution in [0, 0.1) is 0 Å². The number of rotatable bonds is 3. The first-order chi connectivity index (χ1) is 16.8. The summed E-state index contributed by atoms with van der Waals surface area (Å²) >= 11 is 4.50. The molecule has 2 aliphatic heterocycles. The third-order valence-corrected chi connectivity index (χ3v) is 5.38. The van der Waals surface area contributed by atoms with Crippen LogP contribution in [0.25, 0.3) is 22.3 Å². The smallest absolute Gasteiger partial charge is 0.157 e. The second-order valence-electron chi connectivity index (χ2n) is 7.25. The van der Waals surface area contributed by atoms with Gasteiger partial charge in [-0.1, -0.05) is 26.0 Å². The summed E-state index contributed by atoms with van der Waals surface area (Å²) in [6.07, 6.45) is 5.92. The molecule has 9 heteroatoms. The molecule has 0 bridgehead atoms. The first-order valence-corrected chi connectivity index (χ1v) is 12.0. The minimum atomic E-state index is 0.797. The van der Waals surface area contributed by atoms with E-state index in [4.69, 9.17) is 14.8 Å². The highest BCUT2D eigenvalue weighted by atomic mass is 35.5. The van der Waals surface area contributed by atoms with E-state index in [2.05, 4.69) is 60.2 Å². The number of halogens is 1. The largest absolute Gasteiger partial charge is 0.400 e. The molecule has 1 aromatic carbocycles. The van der Waals surface area contributed by atoms with E-state index in [0.29, 0.717) is 0 Å². The minimum Gasteiger partial charge on any atom is -0.400 e. The zero-order valence-corrected chi connectivity index (χ0v) is 21.3. The van der Waals surface area contributed by atoms with Gasteiger partial charge in [-0.2, -0.15) is 0 Å². The zero-order chi connectivity index (χ0) is 24.8. The molecule has 0 saturated carbocycles. The van der Waals surface area contributed by atoms with E-state index in [1.165, 1.54) is 25.6 Å². The minimum absolute atomic E-state index is 0.797. The van der Waals surface area contributed by atoms with Crippen LogP contribution in [0.5, 0.6) is 0 Å². The first-order valence-electron chi connectivity index (χ1n) is 11.7. The van der Waals surface area contributed by atoms with Gasteiger partial charge in [0.2, 0.25) is 0 Å². The molecule has 0 spiro atoms. The van der Waals surface area contributed by atoms with E-state index in [-0.39, 0.29) is 0 Å². The summed E-state index contributed by atoms with van der Waals surface area (Å²) in [6, 6.07) is 10.7. The Bertz CT molecular complexity index is 962. The van der Waals surface area contributed by atoms with Gasteiger partial charge in [0.15, 0.2) is 5.82 Å². The van der Waals surface area contributed by atoms with Crippen molar-refractivity contribution in [2.24, 2.45) is 0 Å². The SMILES string of the molecule is CC.CO.COCl.c1cnc2c(N3CCCC3)nc(-c3ccc(N4CCOCC4)cc3)cc2n1. The van der Waals surface area contributed by atoms with Crippen molar-refractivity contribution in [2.75, 3.05) is 63.4 Å². The summed E-state index contributed by atoms with van der Waals surface area (Å²) in [7, 11) is 2.39. The maximum Gasteiger partial charge on any atom is 0.157 e. The Balaban J connectivity index is 0.000000531. The quantitative estimate of drug-likeness (QED) is 0.573. The number of aliphatic hydroxyl groups is 1. The molecule has 4 heterocycles. The van der Waals surface area contributed by atoms with Gasteiger partial charge in [-0.25, -0.2) is 9.97 Å². The fourth-order valence-electron chi connectivity index (χ4n) is 3.92. The van der Waals surface area contributed by atoms with Gasteiger partial charge >= 0.3 is 0 Å². The number of pyridine rings is 1. The van der Waals surface area contributed by atoms with Crippen molar-refractivity contribution in [3.05, 3.63) is 42.7 Å². The predicted octanol–water partition coefficient (Wildman–Crippen LogP) is 4.55. The highest BCUT2D eigenvalue weighted by Crippen LogP contribution is 2.30. The van der Waals surface area contributed by atoms with Crippen molar-refractivity contribution < 1.29 is 14.1 Å². The maximum absolute atomic E-state index is 7.00. The molecular weight excluding hydrogens is 454 g/mol. The van der Waals surface area contributed by atoms with E-state index in [9.17, 15) is 0 Å². The van der Waals surface area contributed by atoms with Crippen molar-refractivity contribution in [3.8, 4) is 11.3 Å². The lowest BCUT2D eigenvalue weighted by Crippen LogP contribution is -2.36. The van der Waals surface area contributed by atoms with Crippen LogP contribution in [0.2, 0.25) is 0 Å². The molecular formula is C25H36ClN5O3. The second-order valence-corrected chi connectivity index (χ2v) is 7.56. The number of nitrogens with zero attached hydrogens (tertiary/aromatic N) is 5. The van der Waals surface area contributed by atoms with Gasteiger partial charge in [0.25, 0.3) is 0 Å². The van der Waals surface area contributed by atoms with Gasteiger partial charge in [-0.3, -0.25) is 9.27 Å². The Morgan fingerprint density at radius 2 is 1.50 bits per heavy atom. The average molecular weight is 490 g/mol. The Morgan fingerprint density at radius 1 is 0.912 bits per heavy atom. The topological polar surface area (TPSA) is 83.8 Å². The normalized spacial score (nSPS) is 14.9. The van der Waals surface area contributed by atoms with Gasteiger partial charge in [0.05, 0.1) is 43.4 Å². The van der Waals surface area contributed by atoms with E-state index >= 15 is 0 Å². The van der Waals surface area contributed by atoms with E-state index in [1.54, 1.807) is 12.4 Å². The first kappa shape index (κ1) is 27.7. The van der Waals surface area contributed by atoms with Gasteiger partial charge in [-0.05, 0) is 31.0 Å². The Hall–Kier alpha value is -2.52. The lowest BCUT2D eigenvalue weighted by atomic mass is 10.1. The van der Waals surface area contributed by atoms with Crippen LogP contribution >= 0.6 is 11.9 Å². The fraction of sp³-hybridized carbons (Fsp3) is 0.480. The van der Waals surface area contributed by atoms with E-state index in [1.807, 2.05) is 19.9 Å². The number of aliphatic hydroxyl groups excluding tert-OH is 1. The van der Waals surface area contributed by atoms with Crippen molar-refractivity contribution in [1.82, 2.24) is 15.0 Å². The van der Waals surface area contributed by atoms with Gasteiger partial charge in [0.1, 0.15) is 5.52 Å². The molecule has 8 nitrogen and oxygen atoms in total. The summed E-state index contributed by atoms with van der Waals surface area (Å²) < 4.78 is 9.17. The monoisotopic (exact) mass is 489 g/mol. The fourth-order valence-corrected chi connectivity index (χ4v) is 3.92. The average Bonchev–Trinajstić information content (AvgIpc) is 3.46. The van der Waals surface area contributed by atoms with Crippen LogP contribution < -0.4 is 9.80 Å². The molecule has 0 amide bonds. The Morgan fingerprint density at radius 3 is 2.12 bits per heavy atom. The van der Waals surface area contributed by atoms with Gasteiger partial charge in [-0.15, -0.1) is 0 Å². The molecule has 0 unspecified atom stereocenters. The Labute approximate surface area is 207 Å². The van der Waals surface area contributed by atoms with Gasteiger partial charge < -0.3 is 19.6 Å². The molecule has 0 aliphatic carbocycles. The van der Waals surface area contributed by atoms with Crippen molar-refractivity contribution in [2.45, 2.75) is 26.7 Å². The third-order valence-electron chi connectivity index (χ3n) is 5.38. The molecule has 186 valence electrons. The molecule has 2 aromatic heterocycles. The molecule has 0 radical (unpaired) electrons. The number of anilines is 2. The molecule has 2 fully saturated rings. The maximum atomic E-state index is 7.00. The highest BCUT2D eigenvalue weighted by Gasteiger charge is 2.19. The lowest BCUT2D eigenvalue weighted by Gasteiger charge is -2.28. The van der Waals surface area contributed by atoms with Crippen molar-refractivity contribution >= 4 is 34.4 Å². The predicted molar refractivity (Wildman–Crippen MR) is 140 cm³/mol. The summed E-state index contributed by atoms with van der Waals surface area (Å²) in [5.74, 6) is 0.963. The van der Waals surface area contributed by atoms with E-state index < -0.39 is 0 Å². The summed E-state index contributed by atoms with van der Waals surface area (Å²) in [5, 5.41) is 7.00. The number of hydrogen-bond acceptors (Lipinski definition) is 8. The third kappa shape index (κ3) is 7.24. The molecule has 3 aromatic rings. The van der Waals surface area contributed by atoms with Crippen molar-refractivity contribution in [1.29, 1.82) is 0 Å². The molecule has 34 heavy (non-hydrogen) atoms. The van der Waals surface area contributed by atoms with Gasteiger partial charge in [0, 0.05) is 56.9 Å². The lowest BCUT2D eigenvalue weighted by molar-refractivity contribution is 0.122. The number of ether oxygens (including phenoxy) is 1. The Kier molecular flexibility index (Phi) is 12.6. The van der Waals surface area contributed by atoms with Crippen LogP contribution in [0.3, 0.4) is 0 Å². The van der Waals surface area contributed by atoms with Crippen LogP contribution in [0.15, 0.2) is 42.7 Å². The number of fused-ring (bicyclic) bond motifs is 1. The molecule has 0 atom stereocenters. The highest BCUT2D eigenvalue weighted by molar-refractivity contribution is 6.07. The van der Waals surface area contributed by atoms with Crippen LogP contribution in [-0.2, 0) is 9.03 Å². The van der Waals surface area contributed by atoms with Crippen molar-refractivity contribution in [3.63, 3.8) is 0 Å². The summed E-state index contributed by atoms with van der Waals surface area (Å²) in [4.78, 5) is 18.8. The van der Waals surface area contributed by atoms with Crippen LogP contribution in [0.1, 0.15) is 26.7 Å². The van der Waals surface area contributed by atoms with Crippen LogP contribution in [-0.4, -0.2) is 73.7 Å². The number of benzene rings is 1. The summed E-state index contributed by atoms with van der Waals surface area (Å²) in [6.45, 7) is 9.57. The second kappa shape index (κ2) is 15.4. The number of hydrogen-bond donors (Lipinski definition) is 1. The van der Waals surface area contributed by atoms with E-state index in [0.717, 1.165) is 74.6 Å². The zero-order valence-electron chi connectivity index (χ0n) is 20.6. The summed E-state index contributed by atoms with van der Waals surface area (Å²) in [5.41, 5.74) is 5.11. The molecule has 2 saturated heterocycles. The standard InChI is InChI=1S/C21H23N5O.C2H6.CH3ClO.CH4O/c1-2-10-26(9-1)21-20-19(22-7-8-23-20)15-18(24-21)16-3-5-17(6-4-16)25-11-13-27-14-12-25;1-2;1-3-2;1-2/h3-8,15H,1-2,9-14H2;1-2H3;1H3;2H,1H3. The van der Waals surface area contributed by atoms with Crippen LogP contribution in [0.4, 0.5) is 11.5 Å². The number of morpholine rings is 1.